The van der Waals surface area contributed by atoms with Gasteiger partial charge in [0.2, 0.25) is 0 Å². The zero-order valence-corrected chi connectivity index (χ0v) is 10.4. The molecule has 0 aliphatic carbocycles. The van der Waals surface area contributed by atoms with E-state index in [9.17, 15) is 0 Å². The zero-order chi connectivity index (χ0) is 10.8. The van der Waals surface area contributed by atoms with Gasteiger partial charge in [0.05, 0.1) is 6.10 Å². The van der Waals surface area contributed by atoms with E-state index >= 15 is 0 Å². The summed E-state index contributed by atoms with van der Waals surface area (Å²) in [6, 6.07) is 0. The van der Waals surface area contributed by atoms with Gasteiger partial charge in [0.15, 0.2) is 0 Å². The standard InChI is InChI=1S/C10H19Cl2NO/c1-9(2)14-6-4-3-5-13-8-10(12)7-11/h7,9,13H,3-6,8H2,1-2H3. The van der Waals surface area contributed by atoms with Gasteiger partial charge in [-0.05, 0) is 33.2 Å². The van der Waals surface area contributed by atoms with Gasteiger partial charge in [-0.2, -0.15) is 0 Å². The second kappa shape index (κ2) is 9.78. The molecule has 0 atom stereocenters. The van der Waals surface area contributed by atoms with Crippen LogP contribution in [0.5, 0.6) is 0 Å². The molecular formula is C10H19Cl2NO. The van der Waals surface area contributed by atoms with Gasteiger partial charge < -0.3 is 10.1 Å². The maximum atomic E-state index is 5.69. The van der Waals surface area contributed by atoms with Crippen molar-refractivity contribution in [3.63, 3.8) is 0 Å². The van der Waals surface area contributed by atoms with E-state index < -0.39 is 0 Å². The van der Waals surface area contributed by atoms with Crippen LogP contribution in [0.2, 0.25) is 0 Å². The Kier molecular flexibility index (Phi) is 9.95. The maximum absolute atomic E-state index is 5.69. The Labute approximate surface area is 96.6 Å². The summed E-state index contributed by atoms with van der Waals surface area (Å²) in [7, 11) is 0. The van der Waals surface area contributed by atoms with Crippen LogP contribution >= 0.6 is 23.2 Å². The summed E-state index contributed by atoms with van der Waals surface area (Å²) in [4.78, 5) is 0. The summed E-state index contributed by atoms with van der Waals surface area (Å²) in [6.07, 6.45) is 2.50. The Morgan fingerprint density at radius 3 is 2.71 bits per heavy atom. The Hall–Kier alpha value is 0.240. The average molecular weight is 240 g/mol. The molecule has 0 bridgehead atoms. The lowest BCUT2D eigenvalue weighted by atomic mass is 10.3. The van der Waals surface area contributed by atoms with Crippen molar-refractivity contribution in [2.75, 3.05) is 19.7 Å². The molecule has 14 heavy (non-hydrogen) atoms. The Morgan fingerprint density at radius 1 is 1.43 bits per heavy atom. The number of ether oxygens (including phenoxy) is 1. The largest absolute Gasteiger partial charge is 0.379 e. The first-order chi connectivity index (χ1) is 6.66. The van der Waals surface area contributed by atoms with Crippen LogP contribution in [-0.4, -0.2) is 25.8 Å². The summed E-state index contributed by atoms with van der Waals surface area (Å²) in [5.74, 6) is 0. The normalized spacial score (nSPS) is 12.5. The predicted octanol–water partition coefficient (Wildman–Crippen LogP) is 3.10. The molecule has 0 unspecified atom stereocenters. The first-order valence-electron chi connectivity index (χ1n) is 4.94. The van der Waals surface area contributed by atoms with Crippen LogP contribution < -0.4 is 5.32 Å². The molecule has 0 aromatic rings. The molecule has 0 aromatic carbocycles. The molecule has 0 fully saturated rings. The Balaban J connectivity index is 3.07. The summed E-state index contributed by atoms with van der Waals surface area (Å²) < 4.78 is 5.40. The number of hydrogen-bond donors (Lipinski definition) is 1. The molecule has 0 heterocycles. The fourth-order valence-corrected chi connectivity index (χ4v) is 1.09. The molecule has 4 heteroatoms. The number of nitrogens with one attached hydrogen (secondary N) is 1. The highest BCUT2D eigenvalue weighted by molar-refractivity contribution is 6.36. The summed E-state index contributed by atoms with van der Waals surface area (Å²) in [5.41, 5.74) is 1.39. The molecule has 84 valence electrons. The number of halogens is 2. The lowest BCUT2D eigenvalue weighted by molar-refractivity contribution is 0.0761. The highest BCUT2D eigenvalue weighted by Crippen LogP contribution is 2.00. The monoisotopic (exact) mass is 239 g/mol. The van der Waals surface area contributed by atoms with Gasteiger partial charge >= 0.3 is 0 Å². The number of unbranched alkanes of at least 4 members (excludes halogenated alkanes) is 1. The topological polar surface area (TPSA) is 21.3 Å². The van der Waals surface area contributed by atoms with Crippen molar-refractivity contribution < 1.29 is 4.74 Å². The predicted molar refractivity (Wildman–Crippen MR) is 63.0 cm³/mol. The van der Waals surface area contributed by atoms with E-state index in [4.69, 9.17) is 27.9 Å². The van der Waals surface area contributed by atoms with Crippen LogP contribution in [0.25, 0.3) is 0 Å². The maximum Gasteiger partial charge on any atom is 0.0518 e. The molecule has 0 radical (unpaired) electrons. The van der Waals surface area contributed by atoms with Crippen molar-refractivity contribution >= 4 is 23.2 Å². The van der Waals surface area contributed by atoms with Gasteiger partial charge in [0.1, 0.15) is 0 Å². The molecule has 1 N–H and O–H groups in total. The van der Waals surface area contributed by atoms with Gasteiger partial charge in [-0.3, -0.25) is 0 Å². The molecule has 0 spiro atoms. The van der Waals surface area contributed by atoms with Gasteiger partial charge in [-0.25, -0.2) is 0 Å². The fraction of sp³-hybridized carbons (Fsp3) is 0.800. The third-order valence-electron chi connectivity index (χ3n) is 1.61. The van der Waals surface area contributed by atoms with E-state index in [2.05, 4.69) is 5.32 Å². The first-order valence-corrected chi connectivity index (χ1v) is 5.75. The Bertz CT molecular complexity index is 160. The van der Waals surface area contributed by atoms with E-state index in [0.29, 0.717) is 17.7 Å². The third kappa shape index (κ3) is 10.3. The quantitative estimate of drug-likeness (QED) is 0.658. The lowest BCUT2D eigenvalue weighted by Crippen LogP contribution is -2.17. The van der Waals surface area contributed by atoms with Crippen LogP contribution in [0.15, 0.2) is 10.6 Å². The van der Waals surface area contributed by atoms with Crippen molar-refractivity contribution in [1.29, 1.82) is 0 Å². The summed E-state index contributed by atoms with van der Waals surface area (Å²) in [6.45, 7) is 6.52. The molecule has 0 saturated carbocycles. The SMILES string of the molecule is CC(C)OCCCCNCC(Cl)=CCl. The van der Waals surface area contributed by atoms with Gasteiger partial charge in [0.25, 0.3) is 0 Å². The second-order valence-corrected chi connectivity index (χ2v) is 4.06. The smallest absolute Gasteiger partial charge is 0.0518 e. The minimum absolute atomic E-state index is 0.330. The minimum Gasteiger partial charge on any atom is -0.379 e. The number of rotatable bonds is 8. The van der Waals surface area contributed by atoms with Crippen molar-refractivity contribution in [2.45, 2.75) is 32.8 Å². The van der Waals surface area contributed by atoms with E-state index in [1.54, 1.807) is 0 Å². The molecule has 0 aliphatic heterocycles. The molecular weight excluding hydrogens is 221 g/mol. The van der Waals surface area contributed by atoms with E-state index in [0.717, 1.165) is 26.0 Å². The molecule has 0 amide bonds. The Morgan fingerprint density at radius 2 is 2.14 bits per heavy atom. The van der Waals surface area contributed by atoms with Gasteiger partial charge in [-0.1, -0.05) is 23.2 Å². The lowest BCUT2D eigenvalue weighted by Gasteiger charge is -2.07. The minimum atomic E-state index is 0.330. The highest BCUT2D eigenvalue weighted by Gasteiger charge is 1.94. The summed E-state index contributed by atoms with van der Waals surface area (Å²) >= 11 is 11.1. The first kappa shape index (κ1) is 14.2. The van der Waals surface area contributed by atoms with Crippen molar-refractivity contribution in [3.05, 3.63) is 10.6 Å². The van der Waals surface area contributed by atoms with Crippen LogP contribution in [0.4, 0.5) is 0 Å². The highest BCUT2D eigenvalue weighted by atomic mass is 35.5. The fourth-order valence-electron chi connectivity index (χ4n) is 0.917. The van der Waals surface area contributed by atoms with Crippen LogP contribution in [0, 0.1) is 0 Å². The van der Waals surface area contributed by atoms with Gasteiger partial charge in [0, 0.05) is 23.7 Å². The molecule has 0 aromatic heterocycles. The van der Waals surface area contributed by atoms with Crippen molar-refractivity contribution in [3.8, 4) is 0 Å². The van der Waals surface area contributed by atoms with Gasteiger partial charge in [-0.15, -0.1) is 0 Å². The third-order valence-corrected chi connectivity index (χ3v) is 2.23. The average Bonchev–Trinajstić information content (AvgIpc) is 2.15. The zero-order valence-electron chi connectivity index (χ0n) is 8.85. The van der Waals surface area contributed by atoms with Crippen LogP contribution in [0.1, 0.15) is 26.7 Å². The van der Waals surface area contributed by atoms with E-state index in [1.807, 2.05) is 13.8 Å². The molecule has 2 nitrogen and oxygen atoms in total. The van der Waals surface area contributed by atoms with Crippen molar-refractivity contribution in [1.82, 2.24) is 5.32 Å². The van der Waals surface area contributed by atoms with E-state index in [-0.39, 0.29) is 0 Å². The van der Waals surface area contributed by atoms with Crippen LogP contribution in [-0.2, 0) is 4.74 Å². The summed E-state index contributed by atoms with van der Waals surface area (Å²) in [5, 5.41) is 3.83. The molecule has 0 saturated heterocycles. The van der Waals surface area contributed by atoms with Crippen molar-refractivity contribution in [2.24, 2.45) is 0 Å². The molecule has 0 rings (SSSR count). The second-order valence-electron chi connectivity index (χ2n) is 3.36. The molecule has 0 aliphatic rings. The van der Waals surface area contributed by atoms with Crippen LogP contribution in [0.3, 0.4) is 0 Å². The number of hydrogen-bond acceptors (Lipinski definition) is 2. The van der Waals surface area contributed by atoms with E-state index in [1.165, 1.54) is 5.54 Å².